The summed E-state index contributed by atoms with van der Waals surface area (Å²) >= 11 is 6.40. The first-order chi connectivity index (χ1) is 12.2. The van der Waals surface area contributed by atoms with Gasteiger partial charge in [-0.1, -0.05) is 23.7 Å². The molecule has 0 aliphatic carbocycles. The van der Waals surface area contributed by atoms with Crippen LogP contribution < -0.4 is 10.2 Å². The summed E-state index contributed by atoms with van der Waals surface area (Å²) in [6.45, 7) is 6.12. The number of aryl methyl sites for hydroxylation is 1. The van der Waals surface area contributed by atoms with Crippen LogP contribution in [0.1, 0.15) is 36.1 Å². The number of benzene rings is 1. The van der Waals surface area contributed by atoms with Crippen molar-refractivity contribution >= 4 is 17.5 Å². The molecule has 3 heterocycles. The van der Waals surface area contributed by atoms with Gasteiger partial charge in [-0.3, -0.25) is 0 Å². The first-order valence-corrected chi connectivity index (χ1v) is 9.72. The number of aromatic nitrogens is 2. The van der Waals surface area contributed by atoms with Gasteiger partial charge in [-0.2, -0.15) is 0 Å². The van der Waals surface area contributed by atoms with Crippen molar-refractivity contribution in [2.45, 2.75) is 39.0 Å². The van der Waals surface area contributed by atoms with E-state index in [0.717, 1.165) is 66.8 Å². The highest BCUT2D eigenvalue weighted by Gasteiger charge is 2.21. The average molecular weight is 357 g/mol. The van der Waals surface area contributed by atoms with Crippen LogP contribution in [-0.4, -0.2) is 36.1 Å². The van der Waals surface area contributed by atoms with Crippen LogP contribution in [0, 0.1) is 6.92 Å². The Labute approximate surface area is 154 Å². The second-order valence-electron chi connectivity index (χ2n) is 7.06. The lowest BCUT2D eigenvalue weighted by atomic mass is 10.00. The van der Waals surface area contributed by atoms with Crippen LogP contribution in [0.2, 0.25) is 5.02 Å². The summed E-state index contributed by atoms with van der Waals surface area (Å²) in [6.07, 6.45) is 5.70. The molecule has 4 rings (SSSR count). The zero-order chi connectivity index (χ0) is 17.2. The fourth-order valence-corrected chi connectivity index (χ4v) is 3.93. The van der Waals surface area contributed by atoms with Crippen molar-refractivity contribution in [3.63, 3.8) is 0 Å². The Bertz CT molecular complexity index is 769. The Kier molecular flexibility index (Phi) is 4.91. The van der Waals surface area contributed by atoms with Gasteiger partial charge in [-0.05, 0) is 50.8 Å². The molecule has 2 aliphatic heterocycles. The molecule has 0 bridgehead atoms. The van der Waals surface area contributed by atoms with Crippen molar-refractivity contribution in [2.75, 3.05) is 31.1 Å². The smallest absolute Gasteiger partial charge is 0.226 e. The second-order valence-corrected chi connectivity index (χ2v) is 7.47. The van der Waals surface area contributed by atoms with Gasteiger partial charge in [-0.25, -0.2) is 9.97 Å². The summed E-state index contributed by atoms with van der Waals surface area (Å²) in [5.74, 6) is 0.895. The van der Waals surface area contributed by atoms with Crippen molar-refractivity contribution in [3.05, 3.63) is 40.0 Å². The lowest BCUT2D eigenvalue weighted by Gasteiger charge is -2.28. The van der Waals surface area contributed by atoms with E-state index < -0.39 is 0 Å². The van der Waals surface area contributed by atoms with Gasteiger partial charge >= 0.3 is 0 Å². The summed E-state index contributed by atoms with van der Waals surface area (Å²) in [7, 11) is 0. The summed E-state index contributed by atoms with van der Waals surface area (Å²) < 4.78 is 0. The Morgan fingerprint density at radius 3 is 2.64 bits per heavy atom. The van der Waals surface area contributed by atoms with Crippen molar-refractivity contribution in [1.82, 2.24) is 15.3 Å². The highest BCUT2D eigenvalue weighted by molar-refractivity contribution is 6.31. The lowest BCUT2D eigenvalue weighted by Crippen LogP contribution is -2.31. The third kappa shape index (κ3) is 3.51. The first-order valence-electron chi connectivity index (χ1n) is 9.34. The van der Waals surface area contributed by atoms with E-state index in [1.165, 1.54) is 30.5 Å². The maximum Gasteiger partial charge on any atom is 0.226 e. The molecule has 0 amide bonds. The zero-order valence-corrected chi connectivity index (χ0v) is 15.6. The van der Waals surface area contributed by atoms with E-state index in [9.17, 15) is 0 Å². The molecule has 0 atom stereocenters. The first kappa shape index (κ1) is 16.8. The van der Waals surface area contributed by atoms with E-state index in [1.54, 1.807) is 0 Å². The van der Waals surface area contributed by atoms with Crippen molar-refractivity contribution in [3.8, 4) is 11.3 Å². The summed E-state index contributed by atoms with van der Waals surface area (Å²) in [4.78, 5) is 12.3. The molecule has 0 saturated carbocycles. The summed E-state index contributed by atoms with van der Waals surface area (Å²) in [5.41, 5.74) is 5.76. The van der Waals surface area contributed by atoms with Gasteiger partial charge in [0, 0.05) is 42.2 Å². The Morgan fingerprint density at radius 2 is 1.84 bits per heavy atom. The van der Waals surface area contributed by atoms with Gasteiger partial charge in [-0.15, -0.1) is 0 Å². The minimum absolute atomic E-state index is 0.802. The van der Waals surface area contributed by atoms with E-state index in [-0.39, 0.29) is 0 Å². The van der Waals surface area contributed by atoms with Crippen LogP contribution >= 0.6 is 11.6 Å². The molecular formula is C20H25ClN4. The molecule has 0 unspecified atom stereocenters. The fraction of sp³-hybridized carbons (Fsp3) is 0.500. The molecule has 2 aromatic rings. The van der Waals surface area contributed by atoms with Crippen molar-refractivity contribution in [2.24, 2.45) is 0 Å². The number of nitrogens with one attached hydrogen (secondary N) is 1. The molecule has 132 valence electrons. The van der Waals surface area contributed by atoms with Crippen LogP contribution in [0.15, 0.2) is 18.2 Å². The largest absolute Gasteiger partial charge is 0.341 e. The Morgan fingerprint density at radius 1 is 1.04 bits per heavy atom. The maximum absolute atomic E-state index is 6.40. The molecule has 1 saturated heterocycles. The zero-order valence-electron chi connectivity index (χ0n) is 14.8. The van der Waals surface area contributed by atoms with Gasteiger partial charge in [0.1, 0.15) is 0 Å². The highest BCUT2D eigenvalue weighted by atomic mass is 35.5. The molecule has 0 radical (unpaired) electrons. The van der Waals surface area contributed by atoms with E-state index in [1.807, 2.05) is 6.92 Å². The lowest BCUT2D eigenvalue weighted by molar-refractivity contribution is 0.567. The third-order valence-electron chi connectivity index (χ3n) is 5.26. The van der Waals surface area contributed by atoms with E-state index in [0.29, 0.717) is 0 Å². The molecule has 2 aliphatic rings. The Balaban J connectivity index is 1.83. The number of anilines is 1. The number of hydrogen-bond acceptors (Lipinski definition) is 4. The predicted molar refractivity (Wildman–Crippen MR) is 104 cm³/mol. The van der Waals surface area contributed by atoms with Gasteiger partial charge in [0.05, 0.1) is 11.4 Å². The quantitative estimate of drug-likeness (QED) is 0.889. The highest BCUT2D eigenvalue weighted by Crippen LogP contribution is 2.31. The van der Waals surface area contributed by atoms with Crippen molar-refractivity contribution in [1.29, 1.82) is 0 Å². The second kappa shape index (κ2) is 7.30. The van der Waals surface area contributed by atoms with E-state index >= 15 is 0 Å². The Hall–Kier alpha value is -1.65. The predicted octanol–water partition coefficient (Wildman–Crippen LogP) is 3.78. The molecule has 4 nitrogen and oxygen atoms in total. The minimum Gasteiger partial charge on any atom is -0.341 e. The van der Waals surface area contributed by atoms with Crippen LogP contribution in [0.5, 0.6) is 0 Å². The number of rotatable bonds is 2. The minimum atomic E-state index is 0.802. The topological polar surface area (TPSA) is 41.1 Å². The molecule has 0 spiro atoms. The normalized spacial score (nSPS) is 17.9. The number of halogens is 1. The van der Waals surface area contributed by atoms with Gasteiger partial charge in [0.25, 0.3) is 0 Å². The van der Waals surface area contributed by atoms with E-state index in [4.69, 9.17) is 21.6 Å². The van der Waals surface area contributed by atoms with Gasteiger partial charge in [0.2, 0.25) is 5.95 Å². The third-order valence-corrected chi connectivity index (χ3v) is 5.66. The number of nitrogens with zero attached hydrogens (tertiary/aromatic N) is 3. The van der Waals surface area contributed by atoms with Crippen LogP contribution in [0.4, 0.5) is 5.95 Å². The van der Waals surface area contributed by atoms with Crippen LogP contribution in [0.3, 0.4) is 0 Å². The number of piperidine rings is 1. The standard InChI is InChI=1S/C20H25ClN4/c1-14-5-6-15(13-17(14)21)19-16-7-9-22-10-8-18(16)23-20(24-19)25-11-3-2-4-12-25/h5-6,13,22H,2-4,7-12H2,1H3. The number of fused-ring (bicyclic) bond motifs is 1. The molecule has 1 N–H and O–H groups in total. The monoisotopic (exact) mass is 356 g/mol. The summed E-state index contributed by atoms with van der Waals surface area (Å²) in [6, 6.07) is 6.28. The van der Waals surface area contributed by atoms with Gasteiger partial charge < -0.3 is 10.2 Å². The van der Waals surface area contributed by atoms with Crippen LogP contribution in [0.25, 0.3) is 11.3 Å². The average Bonchev–Trinajstić information content (AvgIpc) is 2.89. The molecule has 1 aromatic carbocycles. The van der Waals surface area contributed by atoms with Gasteiger partial charge in [0.15, 0.2) is 0 Å². The molecule has 25 heavy (non-hydrogen) atoms. The SMILES string of the molecule is Cc1ccc(-c2nc(N3CCCCC3)nc3c2CCNCC3)cc1Cl. The summed E-state index contributed by atoms with van der Waals surface area (Å²) in [5, 5.41) is 4.29. The van der Waals surface area contributed by atoms with Crippen molar-refractivity contribution < 1.29 is 0 Å². The molecular weight excluding hydrogens is 332 g/mol. The van der Waals surface area contributed by atoms with E-state index in [2.05, 4.69) is 28.4 Å². The fourth-order valence-electron chi connectivity index (χ4n) is 3.75. The number of hydrogen-bond donors (Lipinski definition) is 1. The van der Waals surface area contributed by atoms with Crippen LogP contribution in [-0.2, 0) is 12.8 Å². The molecule has 1 aromatic heterocycles. The molecule has 5 heteroatoms. The molecule has 1 fully saturated rings. The maximum atomic E-state index is 6.40.